The van der Waals surface area contributed by atoms with Gasteiger partial charge in [0.1, 0.15) is 11.6 Å². The molecule has 28 heavy (non-hydrogen) atoms. The molecule has 0 saturated carbocycles. The number of piperidine rings is 1. The maximum Gasteiger partial charge on any atom is 0.265 e. The van der Waals surface area contributed by atoms with E-state index in [1.807, 2.05) is 36.4 Å². The van der Waals surface area contributed by atoms with Crippen LogP contribution in [0.15, 0.2) is 66.4 Å². The third-order valence-corrected chi connectivity index (χ3v) is 5.49. The molecule has 1 N–H and O–H groups in total. The number of nitrogens with one attached hydrogen (secondary N) is 1. The summed E-state index contributed by atoms with van der Waals surface area (Å²) in [4.78, 5) is 14.5. The van der Waals surface area contributed by atoms with Crippen LogP contribution in [-0.4, -0.2) is 23.9 Å². The van der Waals surface area contributed by atoms with Gasteiger partial charge in [0, 0.05) is 30.9 Å². The number of hydrogen-bond acceptors (Lipinski definition) is 3. The first-order valence-electron chi connectivity index (χ1n) is 9.57. The minimum Gasteiger partial charge on any atom is -0.386 e. The highest BCUT2D eigenvalue weighted by Crippen LogP contribution is 2.22. The van der Waals surface area contributed by atoms with Gasteiger partial charge >= 0.3 is 0 Å². The van der Waals surface area contributed by atoms with E-state index in [-0.39, 0.29) is 11.5 Å². The maximum atomic E-state index is 12.7. The monoisotopic (exact) mass is 393 g/mol. The Morgan fingerprint density at radius 2 is 1.82 bits per heavy atom. The Hall–Kier alpha value is -2.77. The molecule has 0 aliphatic carbocycles. The Bertz CT molecular complexity index is 865. The van der Waals surface area contributed by atoms with E-state index in [0.29, 0.717) is 30.6 Å². The lowest BCUT2D eigenvalue weighted by Gasteiger charge is -2.32. The quantitative estimate of drug-likeness (QED) is 0.587. The van der Waals surface area contributed by atoms with Crippen molar-refractivity contribution in [2.24, 2.45) is 5.92 Å². The van der Waals surface area contributed by atoms with E-state index in [1.54, 1.807) is 4.90 Å². The third kappa shape index (κ3) is 5.37. The molecule has 0 unspecified atom stereocenters. The summed E-state index contributed by atoms with van der Waals surface area (Å²) >= 11 is 6.13. The smallest absolute Gasteiger partial charge is 0.265 e. The van der Waals surface area contributed by atoms with Gasteiger partial charge in [-0.25, -0.2) is 0 Å². The van der Waals surface area contributed by atoms with Crippen LogP contribution in [0.3, 0.4) is 0 Å². The summed E-state index contributed by atoms with van der Waals surface area (Å²) < 4.78 is 0. The van der Waals surface area contributed by atoms with Crippen LogP contribution >= 0.6 is 11.6 Å². The summed E-state index contributed by atoms with van der Waals surface area (Å²) in [6.45, 7) is 1.86. The van der Waals surface area contributed by atoms with Crippen LogP contribution in [0.5, 0.6) is 0 Å². The fourth-order valence-corrected chi connectivity index (χ4v) is 3.71. The molecule has 1 heterocycles. The first-order valence-corrected chi connectivity index (χ1v) is 9.95. The molecular weight excluding hydrogens is 370 g/mol. The number of nitrogens with zero attached hydrogens (tertiary/aromatic N) is 2. The lowest BCUT2D eigenvalue weighted by molar-refractivity contribution is -0.128. The van der Waals surface area contributed by atoms with Gasteiger partial charge in [0.05, 0.1) is 0 Å². The largest absolute Gasteiger partial charge is 0.386 e. The summed E-state index contributed by atoms with van der Waals surface area (Å²) in [6, 6.07) is 20.0. The van der Waals surface area contributed by atoms with Crippen LogP contribution in [0.25, 0.3) is 0 Å². The van der Waals surface area contributed by atoms with Gasteiger partial charge in [0.2, 0.25) is 0 Å². The third-order valence-electron chi connectivity index (χ3n) is 5.12. The average Bonchev–Trinajstić information content (AvgIpc) is 2.73. The van der Waals surface area contributed by atoms with E-state index in [9.17, 15) is 10.1 Å². The number of amides is 1. The number of carbonyl (C=O) groups excluding carboxylic acids is 1. The molecule has 0 atom stereocenters. The van der Waals surface area contributed by atoms with E-state index < -0.39 is 0 Å². The number of hydrogen-bond donors (Lipinski definition) is 1. The van der Waals surface area contributed by atoms with Crippen molar-refractivity contribution in [3.63, 3.8) is 0 Å². The van der Waals surface area contributed by atoms with Crippen molar-refractivity contribution in [2.45, 2.75) is 25.8 Å². The second-order valence-electron chi connectivity index (χ2n) is 7.07. The van der Waals surface area contributed by atoms with Crippen molar-refractivity contribution in [1.82, 2.24) is 10.2 Å². The van der Waals surface area contributed by atoms with Gasteiger partial charge in [-0.1, -0.05) is 60.1 Å². The number of halogens is 1. The molecule has 1 amide bonds. The zero-order valence-electron chi connectivity index (χ0n) is 15.8. The Labute approximate surface area is 171 Å². The minimum absolute atomic E-state index is 0.133. The molecule has 3 rings (SSSR count). The first kappa shape index (κ1) is 20.0. The number of nitriles is 1. The first-order chi connectivity index (χ1) is 13.7. The van der Waals surface area contributed by atoms with Crippen LogP contribution < -0.4 is 5.32 Å². The molecule has 0 spiro atoms. The van der Waals surface area contributed by atoms with Crippen LogP contribution in [-0.2, 0) is 17.8 Å². The molecule has 1 aliphatic heterocycles. The molecule has 0 aromatic heterocycles. The van der Waals surface area contributed by atoms with Crippen LogP contribution in [0.4, 0.5) is 0 Å². The molecule has 1 aliphatic rings. The SMILES string of the molecule is N#C/C(=C/NCc1ccccc1Cl)C(=O)N1CCC(Cc2ccccc2)CC1. The fourth-order valence-electron chi connectivity index (χ4n) is 3.50. The Balaban J connectivity index is 1.51. The second-order valence-corrected chi connectivity index (χ2v) is 7.47. The van der Waals surface area contributed by atoms with E-state index >= 15 is 0 Å². The number of benzene rings is 2. The van der Waals surface area contributed by atoms with Crippen molar-refractivity contribution >= 4 is 17.5 Å². The van der Waals surface area contributed by atoms with Crippen molar-refractivity contribution in [3.05, 3.63) is 82.5 Å². The number of likely N-dealkylation sites (tertiary alicyclic amines) is 1. The molecule has 144 valence electrons. The number of carbonyl (C=O) groups is 1. The normalized spacial score (nSPS) is 15.1. The topological polar surface area (TPSA) is 56.1 Å². The van der Waals surface area contributed by atoms with Crippen LogP contribution in [0.1, 0.15) is 24.0 Å². The molecule has 4 nitrogen and oxygen atoms in total. The minimum atomic E-state index is -0.202. The summed E-state index contributed by atoms with van der Waals surface area (Å²) in [5.74, 6) is 0.381. The molecule has 0 bridgehead atoms. The standard InChI is InChI=1S/C23H24ClN3O/c24-22-9-5-4-8-20(22)16-26-17-21(15-25)23(28)27-12-10-19(11-13-27)14-18-6-2-1-3-7-18/h1-9,17,19,26H,10-14,16H2/b21-17-. The van der Waals surface area contributed by atoms with Gasteiger partial charge in [-0.15, -0.1) is 0 Å². The average molecular weight is 394 g/mol. The van der Waals surface area contributed by atoms with Crippen molar-refractivity contribution in [3.8, 4) is 6.07 Å². The van der Waals surface area contributed by atoms with Gasteiger partial charge in [-0.05, 0) is 42.4 Å². The zero-order valence-corrected chi connectivity index (χ0v) is 16.5. The van der Waals surface area contributed by atoms with Crippen LogP contribution in [0.2, 0.25) is 5.02 Å². The molecule has 1 fully saturated rings. The van der Waals surface area contributed by atoms with Crippen LogP contribution in [0, 0.1) is 17.2 Å². The van der Waals surface area contributed by atoms with Crippen molar-refractivity contribution in [1.29, 1.82) is 5.26 Å². The van der Waals surface area contributed by atoms with Gasteiger partial charge in [0.15, 0.2) is 0 Å². The van der Waals surface area contributed by atoms with E-state index in [2.05, 4.69) is 29.6 Å². The lowest BCUT2D eigenvalue weighted by atomic mass is 9.90. The molecule has 2 aromatic carbocycles. The van der Waals surface area contributed by atoms with Gasteiger partial charge in [-0.2, -0.15) is 5.26 Å². The summed E-state index contributed by atoms with van der Waals surface area (Å²) in [6.07, 6.45) is 4.48. The fraction of sp³-hybridized carbons (Fsp3) is 0.304. The molecular formula is C23H24ClN3O. The predicted octanol–water partition coefficient (Wildman–Crippen LogP) is 4.32. The predicted molar refractivity (Wildman–Crippen MR) is 111 cm³/mol. The summed E-state index contributed by atoms with van der Waals surface area (Å²) in [7, 11) is 0. The van der Waals surface area contributed by atoms with Crippen molar-refractivity contribution < 1.29 is 4.79 Å². The van der Waals surface area contributed by atoms with E-state index in [1.165, 1.54) is 11.8 Å². The number of rotatable bonds is 6. The Morgan fingerprint density at radius 1 is 1.14 bits per heavy atom. The van der Waals surface area contributed by atoms with Gasteiger partial charge in [0.25, 0.3) is 5.91 Å². The molecule has 5 heteroatoms. The zero-order chi connectivity index (χ0) is 19.8. The highest BCUT2D eigenvalue weighted by atomic mass is 35.5. The van der Waals surface area contributed by atoms with Gasteiger partial charge in [-0.3, -0.25) is 4.79 Å². The van der Waals surface area contributed by atoms with E-state index in [0.717, 1.165) is 24.8 Å². The Kier molecular flexibility index (Phi) is 7.11. The van der Waals surface area contributed by atoms with Gasteiger partial charge < -0.3 is 10.2 Å². The van der Waals surface area contributed by atoms with Crippen molar-refractivity contribution in [2.75, 3.05) is 13.1 Å². The maximum absolute atomic E-state index is 12.7. The highest BCUT2D eigenvalue weighted by Gasteiger charge is 2.25. The summed E-state index contributed by atoms with van der Waals surface area (Å²) in [5.41, 5.74) is 2.40. The molecule has 0 radical (unpaired) electrons. The molecule has 2 aromatic rings. The Morgan fingerprint density at radius 3 is 2.50 bits per heavy atom. The van der Waals surface area contributed by atoms with E-state index in [4.69, 9.17) is 11.6 Å². The highest BCUT2D eigenvalue weighted by molar-refractivity contribution is 6.31. The lowest BCUT2D eigenvalue weighted by Crippen LogP contribution is -2.39. The molecule has 1 saturated heterocycles. The second kappa shape index (κ2) is 9.96. The summed E-state index contributed by atoms with van der Waals surface area (Å²) in [5, 5.41) is 13.1.